The van der Waals surface area contributed by atoms with E-state index < -0.39 is 17.6 Å². The van der Waals surface area contributed by atoms with Crippen molar-refractivity contribution in [2.75, 3.05) is 17.2 Å². The summed E-state index contributed by atoms with van der Waals surface area (Å²) in [5.74, 6) is -0.242. The summed E-state index contributed by atoms with van der Waals surface area (Å²) in [4.78, 5) is 27.8. The van der Waals surface area contributed by atoms with Gasteiger partial charge in [-0.15, -0.1) is 0 Å². The number of hydrogen-bond donors (Lipinski definition) is 2. The molecule has 2 N–H and O–H groups in total. The maximum atomic E-state index is 13.3. The van der Waals surface area contributed by atoms with Crippen molar-refractivity contribution in [1.82, 2.24) is 9.55 Å². The van der Waals surface area contributed by atoms with Crippen LogP contribution < -0.4 is 15.4 Å². The van der Waals surface area contributed by atoms with E-state index in [1.807, 2.05) is 0 Å². The average Bonchev–Trinajstić information content (AvgIpc) is 3.18. The number of aromatic nitrogens is 2. The Balaban J connectivity index is 1.47. The lowest BCUT2D eigenvalue weighted by atomic mass is 10.0. The van der Waals surface area contributed by atoms with Crippen LogP contribution in [0.2, 0.25) is 0 Å². The number of hydrogen-bond acceptors (Lipinski definition) is 4. The number of anilines is 2. The number of alkyl halides is 3. The molecule has 2 heterocycles. The fourth-order valence-corrected chi connectivity index (χ4v) is 3.35. The molecule has 0 saturated carbocycles. The molecule has 1 aliphatic heterocycles. The number of benzene rings is 2. The first-order valence-electron chi connectivity index (χ1n) is 9.76. The number of aryl methyl sites for hydroxylation is 2. The molecule has 3 aromatic rings. The second-order valence-electron chi connectivity index (χ2n) is 7.39. The number of rotatable bonds is 5. The standard InChI is InChI=1S/C22H19F3N4O3/c1-13-10-29(12-26-13)17-8-15(22(23,24)25)7-16(9-17)27-21(31)11-32-18-3-4-19-14(6-18)2-5-20(30)28-19/h3-4,6-10,12H,2,5,11H2,1H3,(H,27,31)(H,28,30). The Morgan fingerprint density at radius 2 is 2.03 bits per heavy atom. The molecule has 0 bridgehead atoms. The molecule has 0 unspecified atom stereocenters. The summed E-state index contributed by atoms with van der Waals surface area (Å²) in [5, 5.41) is 5.21. The number of imidazole rings is 1. The summed E-state index contributed by atoms with van der Waals surface area (Å²) in [5.41, 5.74) is 1.54. The van der Waals surface area contributed by atoms with E-state index in [0.717, 1.165) is 17.7 Å². The minimum Gasteiger partial charge on any atom is -0.484 e. The summed E-state index contributed by atoms with van der Waals surface area (Å²) in [7, 11) is 0. The minimum atomic E-state index is -4.58. The highest BCUT2D eigenvalue weighted by Crippen LogP contribution is 2.33. The number of nitrogens with one attached hydrogen (secondary N) is 2. The van der Waals surface area contributed by atoms with Gasteiger partial charge in [0.15, 0.2) is 6.61 Å². The molecule has 7 nitrogen and oxygen atoms in total. The molecule has 32 heavy (non-hydrogen) atoms. The molecule has 0 spiro atoms. The molecular weight excluding hydrogens is 425 g/mol. The van der Waals surface area contributed by atoms with Gasteiger partial charge in [0.2, 0.25) is 5.91 Å². The number of halogens is 3. The highest BCUT2D eigenvalue weighted by atomic mass is 19.4. The zero-order valence-electron chi connectivity index (χ0n) is 17.0. The second-order valence-corrected chi connectivity index (χ2v) is 7.39. The maximum Gasteiger partial charge on any atom is 0.416 e. The SMILES string of the molecule is Cc1cn(-c2cc(NC(=O)COc3ccc4c(c3)CCC(=O)N4)cc(C(F)(F)F)c2)cn1. The van der Waals surface area contributed by atoms with Crippen LogP contribution in [0.3, 0.4) is 0 Å². The Bertz CT molecular complexity index is 1190. The van der Waals surface area contributed by atoms with Gasteiger partial charge in [0, 0.05) is 29.7 Å². The third-order valence-electron chi connectivity index (χ3n) is 4.88. The van der Waals surface area contributed by atoms with Gasteiger partial charge in [-0.3, -0.25) is 9.59 Å². The van der Waals surface area contributed by atoms with Crippen molar-refractivity contribution in [2.45, 2.75) is 25.9 Å². The molecule has 0 radical (unpaired) electrons. The quantitative estimate of drug-likeness (QED) is 0.621. The van der Waals surface area contributed by atoms with Crippen LogP contribution in [0.25, 0.3) is 5.69 Å². The van der Waals surface area contributed by atoms with Crippen molar-refractivity contribution >= 4 is 23.2 Å². The van der Waals surface area contributed by atoms with E-state index in [-0.39, 0.29) is 23.9 Å². The maximum absolute atomic E-state index is 13.3. The fourth-order valence-electron chi connectivity index (χ4n) is 3.35. The molecule has 0 atom stereocenters. The summed E-state index contributed by atoms with van der Waals surface area (Å²) < 4.78 is 47.0. The first-order chi connectivity index (χ1) is 15.2. The fraction of sp³-hybridized carbons (Fsp3) is 0.227. The van der Waals surface area contributed by atoms with Crippen molar-refractivity contribution < 1.29 is 27.5 Å². The van der Waals surface area contributed by atoms with Crippen LogP contribution in [-0.4, -0.2) is 28.0 Å². The van der Waals surface area contributed by atoms with Crippen molar-refractivity contribution in [2.24, 2.45) is 0 Å². The van der Waals surface area contributed by atoms with E-state index >= 15 is 0 Å². The molecule has 0 saturated heterocycles. The third-order valence-corrected chi connectivity index (χ3v) is 4.88. The first kappa shape index (κ1) is 21.4. The van der Waals surface area contributed by atoms with Gasteiger partial charge in [-0.1, -0.05) is 0 Å². The normalized spacial score (nSPS) is 13.3. The van der Waals surface area contributed by atoms with Crippen LogP contribution in [0, 0.1) is 6.92 Å². The number of nitrogens with zero attached hydrogens (tertiary/aromatic N) is 2. The first-order valence-corrected chi connectivity index (χ1v) is 9.76. The van der Waals surface area contributed by atoms with E-state index in [0.29, 0.717) is 30.0 Å². The van der Waals surface area contributed by atoms with Crippen LogP contribution in [-0.2, 0) is 22.2 Å². The lowest BCUT2D eigenvalue weighted by Crippen LogP contribution is -2.21. The van der Waals surface area contributed by atoms with Crippen LogP contribution >= 0.6 is 0 Å². The summed E-state index contributed by atoms with van der Waals surface area (Å²) >= 11 is 0. The molecular formula is C22H19F3N4O3. The van der Waals surface area contributed by atoms with Gasteiger partial charge < -0.3 is 19.9 Å². The van der Waals surface area contributed by atoms with Crippen molar-refractivity contribution in [3.8, 4) is 11.4 Å². The predicted octanol–water partition coefficient (Wildman–Crippen LogP) is 4.10. The average molecular weight is 444 g/mol. The molecule has 1 aliphatic rings. The Labute approximate surface area is 181 Å². The monoisotopic (exact) mass is 444 g/mol. The van der Waals surface area contributed by atoms with E-state index in [1.165, 1.54) is 17.0 Å². The number of ether oxygens (including phenoxy) is 1. The van der Waals surface area contributed by atoms with Gasteiger partial charge in [0.1, 0.15) is 5.75 Å². The Kier molecular flexibility index (Phi) is 5.60. The van der Waals surface area contributed by atoms with Crippen molar-refractivity contribution in [1.29, 1.82) is 0 Å². The topological polar surface area (TPSA) is 85.2 Å². The van der Waals surface area contributed by atoms with Gasteiger partial charge in [0.05, 0.1) is 17.6 Å². The zero-order valence-corrected chi connectivity index (χ0v) is 17.0. The molecule has 0 fully saturated rings. The van der Waals surface area contributed by atoms with Crippen LogP contribution in [0.4, 0.5) is 24.5 Å². The van der Waals surface area contributed by atoms with E-state index in [2.05, 4.69) is 15.6 Å². The Morgan fingerprint density at radius 1 is 1.22 bits per heavy atom. The number of fused-ring (bicyclic) bond motifs is 1. The van der Waals surface area contributed by atoms with Gasteiger partial charge >= 0.3 is 6.18 Å². The van der Waals surface area contributed by atoms with Gasteiger partial charge in [-0.05, 0) is 55.3 Å². The highest BCUT2D eigenvalue weighted by molar-refractivity contribution is 5.94. The lowest BCUT2D eigenvalue weighted by molar-refractivity contribution is -0.137. The molecule has 1 aromatic heterocycles. The van der Waals surface area contributed by atoms with Crippen LogP contribution in [0.5, 0.6) is 5.75 Å². The summed E-state index contributed by atoms with van der Waals surface area (Å²) in [6, 6.07) is 8.31. The van der Waals surface area contributed by atoms with Crippen LogP contribution in [0.1, 0.15) is 23.2 Å². The van der Waals surface area contributed by atoms with Gasteiger partial charge in [-0.2, -0.15) is 13.2 Å². The minimum absolute atomic E-state index is 0.0112. The van der Waals surface area contributed by atoms with E-state index in [4.69, 9.17) is 4.74 Å². The largest absolute Gasteiger partial charge is 0.484 e. The molecule has 166 valence electrons. The lowest BCUT2D eigenvalue weighted by Gasteiger charge is -2.17. The molecule has 0 aliphatic carbocycles. The zero-order chi connectivity index (χ0) is 22.9. The number of amides is 2. The Morgan fingerprint density at radius 3 is 2.75 bits per heavy atom. The molecule has 4 rings (SSSR count). The Hall–Kier alpha value is -3.82. The third kappa shape index (κ3) is 4.90. The predicted molar refractivity (Wildman–Crippen MR) is 111 cm³/mol. The molecule has 2 aromatic carbocycles. The summed E-state index contributed by atoms with van der Waals surface area (Å²) in [6.07, 6.45) is -0.669. The van der Waals surface area contributed by atoms with Gasteiger partial charge in [-0.25, -0.2) is 4.98 Å². The van der Waals surface area contributed by atoms with Crippen molar-refractivity contribution in [3.63, 3.8) is 0 Å². The number of carbonyl (C=O) groups is 2. The van der Waals surface area contributed by atoms with Crippen molar-refractivity contribution in [3.05, 3.63) is 65.7 Å². The highest BCUT2D eigenvalue weighted by Gasteiger charge is 2.31. The smallest absolute Gasteiger partial charge is 0.416 e. The summed E-state index contributed by atoms with van der Waals surface area (Å²) in [6.45, 7) is 1.33. The second kappa shape index (κ2) is 8.37. The van der Waals surface area contributed by atoms with Crippen LogP contribution in [0.15, 0.2) is 48.9 Å². The van der Waals surface area contributed by atoms with E-state index in [9.17, 15) is 22.8 Å². The van der Waals surface area contributed by atoms with E-state index in [1.54, 1.807) is 31.3 Å². The van der Waals surface area contributed by atoms with Gasteiger partial charge in [0.25, 0.3) is 5.91 Å². The molecule has 2 amide bonds. The number of carbonyl (C=O) groups excluding carboxylic acids is 2. The molecule has 10 heteroatoms.